The molecule has 0 aliphatic carbocycles. The van der Waals surface area contributed by atoms with Gasteiger partial charge in [0.05, 0.1) is 6.61 Å². The van der Waals surface area contributed by atoms with Crippen molar-refractivity contribution >= 4 is 15.9 Å². The van der Waals surface area contributed by atoms with Crippen LogP contribution in [0.15, 0.2) is 16.6 Å². The van der Waals surface area contributed by atoms with Crippen molar-refractivity contribution in [2.75, 3.05) is 20.8 Å². The molecule has 0 fully saturated rings. The molecule has 1 N–H and O–H groups in total. The third-order valence-corrected chi connectivity index (χ3v) is 3.77. The first-order valence-corrected chi connectivity index (χ1v) is 6.99. The summed E-state index contributed by atoms with van der Waals surface area (Å²) in [6.45, 7) is 2.39. The molecule has 0 spiro atoms. The standard InChI is InChI=1S/C14H19BrO4/c1-14(16,13(17-2)18-3)8-10-7-11(15)6-9-4-5-19-12(9)10/h6-7,13,16H,4-5,8H2,1-3H3. The maximum absolute atomic E-state index is 10.5. The van der Waals surface area contributed by atoms with E-state index < -0.39 is 11.9 Å². The van der Waals surface area contributed by atoms with Gasteiger partial charge in [0.1, 0.15) is 11.4 Å². The predicted octanol–water partition coefficient (Wildman–Crippen LogP) is 2.30. The number of methoxy groups -OCH3 is 2. The first-order chi connectivity index (χ1) is 8.97. The van der Waals surface area contributed by atoms with E-state index in [1.54, 1.807) is 6.92 Å². The van der Waals surface area contributed by atoms with Gasteiger partial charge in [0.15, 0.2) is 6.29 Å². The SMILES string of the molecule is COC(OC)C(C)(O)Cc1cc(Br)cc2c1OCC2. The summed E-state index contributed by atoms with van der Waals surface area (Å²) in [6.07, 6.45) is 0.631. The lowest BCUT2D eigenvalue weighted by atomic mass is 9.94. The highest BCUT2D eigenvalue weighted by Gasteiger charge is 2.34. The summed E-state index contributed by atoms with van der Waals surface area (Å²) >= 11 is 3.49. The second kappa shape index (κ2) is 5.79. The number of benzene rings is 1. The van der Waals surface area contributed by atoms with Crippen LogP contribution in [0.5, 0.6) is 5.75 Å². The van der Waals surface area contributed by atoms with Crippen molar-refractivity contribution in [2.24, 2.45) is 0 Å². The molecule has 0 radical (unpaired) electrons. The number of rotatable bonds is 5. The molecule has 1 atom stereocenters. The Balaban J connectivity index is 2.28. The third-order valence-electron chi connectivity index (χ3n) is 3.31. The summed E-state index contributed by atoms with van der Waals surface area (Å²) in [6, 6.07) is 4.03. The number of fused-ring (bicyclic) bond motifs is 1. The molecule has 0 aromatic heterocycles. The van der Waals surface area contributed by atoms with Crippen LogP contribution < -0.4 is 4.74 Å². The number of hydrogen-bond acceptors (Lipinski definition) is 4. The minimum absolute atomic E-state index is 0.404. The monoisotopic (exact) mass is 330 g/mol. The molecule has 1 aromatic rings. The fourth-order valence-corrected chi connectivity index (χ4v) is 3.10. The van der Waals surface area contributed by atoms with E-state index in [4.69, 9.17) is 14.2 Å². The van der Waals surface area contributed by atoms with Crippen LogP contribution >= 0.6 is 15.9 Å². The molecule has 5 heteroatoms. The Morgan fingerprint density at radius 1 is 1.42 bits per heavy atom. The van der Waals surface area contributed by atoms with Gasteiger partial charge >= 0.3 is 0 Å². The molecule has 0 amide bonds. The van der Waals surface area contributed by atoms with Crippen molar-refractivity contribution in [3.05, 3.63) is 27.7 Å². The zero-order valence-electron chi connectivity index (χ0n) is 11.4. The normalized spacial score (nSPS) is 17.2. The molecule has 1 aromatic carbocycles. The lowest BCUT2D eigenvalue weighted by Crippen LogP contribution is -2.43. The van der Waals surface area contributed by atoms with Crippen molar-refractivity contribution in [1.82, 2.24) is 0 Å². The van der Waals surface area contributed by atoms with E-state index in [1.807, 2.05) is 6.07 Å². The summed E-state index contributed by atoms with van der Waals surface area (Å²) in [7, 11) is 3.04. The minimum atomic E-state index is -1.12. The zero-order valence-corrected chi connectivity index (χ0v) is 13.0. The molecule has 1 aliphatic heterocycles. The van der Waals surface area contributed by atoms with E-state index >= 15 is 0 Å². The van der Waals surface area contributed by atoms with Gasteiger partial charge in [0, 0.05) is 31.5 Å². The van der Waals surface area contributed by atoms with E-state index in [0.717, 1.165) is 22.2 Å². The molecule has 1 unspecified atom stereocenters. The number of hydrogen-bond donors (Lipinski definition) is 1. The van der Waals surface area contributed by atoms with Crippen molar-refractivity contribution in [3.8, 4) is 5.75 Å². The van der Waals surface area contributed by atoms with Gasteiger partial charge in [0.25, 0.3) is 0 Å². The average molecular weight is 331 g/mol. The van der Waals surface area contributed by atoms with Crippen molar-refractivity contribution < 1.29 is 19.3 Å². The van der Waals surface area contributed by atoms with Gasteiger partial charge in [-0.2, -0.15) is 0 Å². The molecule has 0 bridgehead atoms. The Morgan fingerprint density at radius 2 is 2.11 bits per heavy atom. The average Bonchev–Trinajstić information content (AvgIpc) is 2.77. The summed E-state index contributed by atoms with van der Waals surface area (Å²) in [5, 5.41) is 10.5. The minimum Gasteiger partial charge on any atom is -0.493 e. The maximum Gasteiger partial charge on any atom is 0.185 e. The van der Waals surface area contributed by atoms with Crippen LogP contribution in [0.2, 0.25) is 0 Å². The van der Waals surface area contributed by atoms with Crippen LogP contribution in [-0.2, 0) is 22.3 Å². The van der Waals surface area contributed by atoms with Gasteiger partial charge in [-0.1, -0.05) is 15.9 Å². The molecule has 0 saturated carbocycles. The summed E-state index contributed by atoms with van der Waals surface area (Å²) < 4.78 is 17.0. The summed E-state index contributed by atoms with van der Waals surface area (Å²) in [4.78, 5) is 0. The van der Waals surface area contributed by atoms with E-state index in [0.29, 0.717) is 13.0 Å². The van der Waals surface area contributed by atoms with Crippen LogP contribution in [-0.4, -0.2) is 37.8 Å². The topological polar surface area (TPSA) is 47.9 Å². The lowest BCUT2D eigenvalue weighted by Gasteiger charge is -2.31. The molecule has 2 rings (SSSR count). The largest absolute Gasteiger partial charge is 0.493 e. The fourth-order valence-electron chi connectivity index (χ4n) is 2.55. The van der Waals surface area contributed by atoms with Gasteiger partial charge in [-0.3, -0.25) is 0 Å². The Kier molecular flexibility index (Phi) is 4.50. The second-order valence-corrected chi connectivity index (χ2v) is 5.90. The highest BCUT2D eigenvalue weighted by molar-refractivity contribution is 9.10. The van der Waals surface area contributed by atoms with Crippen LogP contribution in [0.25, 0.3) is 0 Å². The summed E-state index contributed by atoms with van der Waals surface area (Å²) in [5.74, 6) is 0.884. The zero-order chi connectivity index (χ0) is 14.0. The quantitative estimate of drug-likeness (QED) is 0.841. The molecule has 0 saturated heterocycles. The number of ether oxygens (including phenoxy) is 3. The lowest BCUT2D eigenvalue weighted by molar-refractivity contribution is -0.207. The van der Waals surface area contributed by atoms with Crippen molar-refractivity contribution in [2.45, 2.75) is 31.7 Å². The fraction of sp³-hybridized carbons (Fsp3) is 0.571. The Labute approximate surface area is 121 Å². The van der Waals surface area contributed by atoms with Crippen LogP contribution in [0.4, 0.5) is 0 Å². The van der Waals surface area contributed by atoms with Gasteiger partial charge < -0.3 is 19.3 Å². The third kappa shape index (κ3) is 3.11. The smallest absolute Gasteiger partial charge is 0.185 e. The molecule has 1 aliphatic rings. The molecule has 4 nitrogen and oxygen atoms in total. The summed E-state index contributed by atoms with van der Waals surface area (Å²) in [5.41, 5.74) is 1.02. The van der Waals surface area contributed by atoms with Crippen LogP contribution in [0.1, 0.15) is 18.1 Å². The highest BCUT2D eigenvalue weighted by atomic mass is 79.9. The van der Waals surface area contributed by atoms with Crippen LogP contribution in [0, 0.1) is 0 Å². The van der Waals surface area contributed by atoms with Gasteiger partial charge in [-0.15, -0.1) is 0 Å². The Morgan fingerprint density at radius 3 is 2.74 bits per heavy atom. The van der Waals surface area contributed by atoms with Gasteiger partial charge in [0.2, 0.25) is 0 Å². The number of aliphatic hydroxyl groups is 1. The molecule has 19 heavy (non-hydrogen) atoms. The van der Waals surface area contributed by atoms with Crippen molar-refractivity contribution in [3.63, 3.8) is 0 Å². The van der Waals surface area contributed by atoms with Gasteiger partial charge in [-0.05, 0) is 30.2 Å². The molecular weight excluding hydrogens is 312 g/mol. The van der Waals surface area contributed by atoms with Gasteiger partial charge in [-0.25, -0.2) is 0 Å². The Bertz CT molecular complexity index is 455. The van der Waals surface area contributed by atoms with E-state index in [1.165, 1.54) is 19.8 Å². The number of halogens is 1. The molecule has 1 heterocycles. The highest BCUT2D eigenvalue weighted by Crippen LogP contribution is 2.35. The first-order valence-electron chi connectivity index (χ1n) is 6.20. The molecular formula is C14H19BrO4. The predicted molar refractivity (Wildman–Crippen MR) is 75.5 cm³/mol. The van der Waals surface area contributed by atoms with Crippen LogP contribution in [0.3, 0.4) is 0 Å². The first kappa shape index (κ1) is 14.8. The van der Waals surface area contributed by atoms with E-state index in [-0.39, 0.29) is 0 Å². The molecule has 106 valence electrons. The van der Waals surface area contributed by atoms with Crippen molar-refractivity contribution in [1.29, 1.82) is 0 Å². The Hall–Kier alpha value is -0.620. The van der Waals surface area contributed by atoms with E-state index in [9.17, 15) is 5.11 Å². The second-order valence-electron chi connectivity index (χ2n) is 4.99. The maximum atomic E-state index is 10.5. The van der Waals surface area contributed by atoms with E-state index in [2.05, 4.69) is 22.0 Å².